The monoisotopic (exact) mass is 1850 g/mol. The highest BCUT2D eigenvalue weighted by Gasteiger charge is 2.54. The van der Waals surface area contributed by atoms with Crippen molar-refractivity contribution in [3.05, 3.63) is 101 Å². The summed E-state index contributed by atoms with van der Waals surface area (Å²) in [6.07, 6.45) is -2.15. The molecule has 0 unspecified atom stereocenters. The van der Waals surface area contributed by atoms with Gasteiger partial charge in [0.2, 0.25) is 94.5 Å². The Labute approximate surface area is 752 Å². The summed E-state index contributed by atoms with van der Waals surface area (Å²) >= 11 is 0. The molecule has 17 amide bonds. The predicted octanol–water partition coefficient (Wildman–Crippen LogP) is -6.20. The number of carboxylic acid groups (broad SMARTS) is 3. The number of amides is 17. The number of guanidine groups is 1. The van der Waals surface area contributed by atoms with Gasteiger partial charge in [0.15, 0.2) is 11.6 Å². The molecule has 6 rings (SSSR count). The van der Waals surface area contributed by atoms with Crippen molar-refractivity contribution in [2.24, 2.45) is 29.0 Å². The van der Waals surface area contributed by atoms with E-state index in [0.717, 1.165) is 13.8 Å². The number of esters is 1. The molecule has 716 valence electrons. The molecule has 14 atom stereocenters. The first kappa shape index (κ1) is 105. The Balaban J connectivity index is 1.02. The summed E-state index contributed by atoms with van der Waals surface area (Å²) < 4.78 is 12.1. The highest BCUT2D eigenvalue weighted by atomic mass is 16.6. The van der Waals surface area contributed by atoms with E-state index in [2.05, 4.69) is 95.0 Å². The average molecular weight is 1850 g/mol. The standard InChI is InChI=1S/C82H110N22O28/c1-10-36(4)65(78(127)102-55(30-59(84)108)76(125)100-51(20-23-62(111)112)73(122)94-38(6)67(116)90-33-61(110)97-53(79(128)129)12-11-25-88-81(85)86)104-74(123)52(21-24-63(113)114)98-69(118)39(7)92-60(109)32-89-66(115)37(5)93-68(117)40(8)96-75(124)54(27-43-31-87-34-91-43)101-77(126)64(35(2)3)103-70(119)41(9)95-72(121)50(19-22-58(83)107)99-71(120)42-13-16-46-49(26-42)82(132-80(46)130)47-17-14-44(105)28-56(47)131-57-29-45(106)15-18-48(57)82/h13-18,26,28-29,31,34-41,50-55,64-65,105-106H,10-12,19-25,27,30,32-33H2,1-9H3,(H2,83,107)(H2,84,108)(H,87,91)(H,89,115)(H,90,116)(H,92,109)(H,93,117)(H,94,122)(H,95,121)(H,96,124)(H,97,110)(H,98,118)(H,99,120)(H,100,125)(H,101,126)(H,102,127)(H,103,119)(H,104,123)(H,111,112)(H,113,114)(H,128,129)(H4,85,86,88)/t36-,37-,38-,39-,40-,41-,50-,51-,52-,53-,54-,55-,64-,65-/m0/s1. The summed E-state index contributed by atoms with van der Waals surface area (Å²) in [5.74, 6) is -25.2. The Morgan fingerprint density at radius 1 is 0.462 bits per heavy atom. The molecule has 1 aromatic heterocycles. The van der Waals surface area contributed by atoms with Gasteiger partial charge in [0.25, 0.3) is 5.91 Å². The number of aromatic nitrogens is 2. The molecule has 132 heavy (non-hydrogen) atoms. The molecule has 0 bridgehead atoms. The van der Waals surface area contributed by atoms with E-state index in [0.29, 0.717) is 0 Å². The molecule has 1 spiro atoms. The van der Waals surface area contributed by atoms with Crippen molar-refractivity contribution in [3.63, 3.8) is 0 Å². The van der Waals surface area contributed by atoms with Crippen LogP contribution in [0.4, 0.5) is 0 Å². The van der Waals surface area contributed by atoms with Crippen LogP contribution < -0.4 is 107 Å². The van der Waals surface area contributed by atoms with Crippen LogP contribution in [0.25, 0.3) is 0 Å². The number of aromatic hydroxyl groups is 2. The molecule has 4 aromatic rings. The molecule has 0 saturated carbocycles. The molecular weight excluding hydrogens is 1740 g/mol. The fourth-order valence-corrected chi connectivity index (χ4v) is 13.4. The van der Waals surface area contributed by atoms with E-state index < -0.39 is 272 Å². The maximum atomic E-state index is 14.2. The molecule has 2 aliphatic heterocycles. The maximum absolute atomic E-state index is 14.2. The Morgan fingerprint density at radius 2 is 0.909 bits per heavy atom. The quantitative estimate of drug-likeness (QED) is 0.00846. The third-order valence-electron chi connectivity index (χ3n) is 20.8. The zero-order valence-corrected chi connectivity index (χ0v) is 73.2. The number of aromatic amines is 1. The second-order valence-corrected chi connectivity index (χ2v) is 31.6. The number of nitrogens with two attached hydrogens (primary N) is 3. The Bertz CT molecular complexity index is 4990. The molecule has 29 N–H and O–H groups in total. The largest absolute Gasteiger partial charge is 0.508 e. The second-order valence-electron chi connectivity index (χ2n) is 31.6. The normalized spacial score (nSPS) is 15.1. The number of nitrogens with zero attached hydrogens (tertiary/aromatic N) is 1. The number of hydrogen-bond acceptors (Lipinski definition) is 27. The van der Waals surface area contributed by atoms with E-state index in [1.807, 2.05) is 0 Å². The lowest BCUT2D eigenvalue weighted by molar-refractivity contribution is -0.142. The number of phenols is 2. The lowest BCUT2D eigenvalue weighted by Crippen LogP contribution is -2.61. The van der Waals surface area contributed by atoms with Gasteiger partial charge in [-0.15, -0.1) is 0 Å². The summed E-state index contributed by atoms with van der Waals surface area (Å²) in [6.45, 7) is 10.5. The van der Waals surface area contributed by atoms with Gasteiger partial charge in [-0.25, -0.2) is 14.6 Å². The average Bonchev–Trinajstić information content (AvgIpc) is 1.52. The van der Waals surface area contributed by atoms with Crippen molar-refractivity contribution in [1.29, 1.82) is 5.41 Å². The minimum absolute atomic E-state index is 0.0315. The van der Waals surface area contributed by atoms with Crippen LogP contribution in [-0.4, -0.2) is 264 Å². The first-order valence-corrected chi connectivity index (χ1v) is 41.5. The van der Waals surface area contributed by atoms with Gasteiger partial charge >= 0.3 is 23.9 Å². The van der Waals surface area contributed by atoms with Crippen molar-refractivity contribution in [1.82, 2.24) is 95.0 Å². The van der Waals surface area contributed by atoms with Gasteiger partial charge < -0.3 is 142 Å². The lowest BCUT2D eigenvalue weighted by atomic mass is 9.77. The van der Waals surface area contributed by atoms with Crippen LogP contribution in [0.15, 0.2) is 67.1 Å². The number of rotatable bonds is 51. The van der Waals surface area contributed by atoms with Crippen LogP contribution in [0.5, 0.6) is 23.0 Å². The SMILES string of the molecule is CC[C@H](C)[C@H](NC(=O)[C@H](CCC(=O)O)NC(=O)[C@H](C)NC(=O)CNC(=O)[C@H](C)NC(=O)[C@H](C)NC(=O)[C@H](Cc1c[nH]cn1)NC(=O)[C@@H](NC(=O)[C@H](C)NC(=O)[C@H](CCC(N)=O)NC(=O)c1ccc2c(c1)C1(OC2=O)c2ccc(O)cc2Oc2cc(O)ccc21)C(C)C)C(=O)N[C@@H](CC(N)=O)C(=O)N[C@@H](CCC(=O)O)C(=O)N[C@@H](C)C(=O)NCC(=O)N[C@@H](CCCNC(=N)N)C(=O)O. The van der Waals surface area contributed by atoms with Crippen molar-refractivity contribution < 1.29 is 136 Å². The number of primary amides is 2. The van der Waals surface area contributed by atoms with E-state index in [4.69, 9.17) is 32.1 Å². The molecule has 3 aromatic carbocycles. The van der Waals surface area contributed by atoms with Gasteiger partial charge in [-0.2, -0.15) is 0 Å². The number of carbonyl (C=O) groups is 21. The van der Waals surface area contributed by atoms with Gasteiger partial charge in [0.1, 0.15) is 102 Å². The van der Waals surface area contributed by atoms with E-state index >= 15 is 0 Å². The summed E-state index contributed by atoms with van der Waals surface area (Å²) in [5.41, 5.74) is 15.1. The minimum atomic E-state index is -1.97. The van der Waals surface area contributed by atoms with Crippen LogP contribution >= 0.6 is 0 Å². The lowest BCUT2D eigenvalue weighted by Gasteiger charge is -2.36. The molecule has 0 fully saturated rings. The highest BCUT2D eigenvalue weighted by molar-refractivity contribution is 6.04. The first-order chi connectivity index (χ1) is 62.0. The number of nitrogens with one attached hydrogen (secondary N) is 18. The predicted molar refractivity (Wildman–Crippen MR) is 456 cm³/mol. The van der Waals surface area contributed by atoms with Crippen LogP contribution in [0.3, 0.4) is 0 Å². The zero-order valence-electron chi connectivity index (χ0n) is 73.2. The third kappa shape index (κ3) is 30.6. The van der Waals surface area contributed by atoms with Crippen molar-refractivity contribution in [2.75, 3.05) is 19.6 Å². The minimum Gasteiger partial charge on any atom is -0.508 e. The topological polar surface area (TPSA) is 801 Å². The van der Waals surface area contributed by atoms with Gasteiger partial charge in [0.05, 0.1) is 37.1 Å². The fraction of sp³-hybridized carbons (Fsp3) is 0.476. The molecule has 2 aliphatic rings. The molecule has 50 heteroatoms. The fourth-order valence-electron chi connectivity index (χ4n) is 13.4. The summed E-state index contributed by atoms with van der Waals surface area (Å²) in [7, 11) is 0. The number of hydrogen-bond donors (Lipinski definition) is 26. The highest BCUT2D eigenvalue weighted by Crippen LogP contribution is 2.57. The van der Waals surface area contributed by atoms with Crippen molar-refractivity contribution >= 4 is 130 Å². The van der Waals surface area contributed by atoms with E-state index in [-0.39, 0.29) is 101 Å². The zero-order chi connectivity index (χ0) is 98.5. The number of imidazole rings is 1. The first-order valence-electron chi connectivity index (χ1n) is 41.5. The van der Waals surface area contributed by atoms with Crippen LogP contribution in [-0.2, 0) is 108 Å². The van der Waals surface area contributed by atoms with E-state index in [1.54, 1.807) is 20.8 Å². The van der Waals surface area contributed by atoms with Crippen molar-refractivity contribution in [3.8, 4) is 23.0 Å². The number of carbonyl (C=O) groups excluding carboxylic acids is 18. The third-order valence-corrected chi connectivity index (χ3v) is 20.8. The van der Waals surface area contributed by atoms with Gasteiger partial charge in [-0.3, -0.25) is 96.5 Å². The number of benzene rings is 3. The van der Waals surface area contributed by atoms with Gasteiger partial charge in [0, 0.05) is 72.8 Å². The molecule has 50 nitrogen and oxygen atoms in total. The molecule has 0 aliphatic carbocycles. The number of aliphatic carboxylic acids is 3. The van der Waals surface area contributed by atoms with E-state index in [9.17, 15) is 126 Å². The van der Waals surface area contributed by atoms with Gasteiger partial charge in [-0.05, 0) is 121 Å². The van der Waals surface area contributed by atoms with Crippen molar-refractivity contribution in [2.45, 2.75) is 217 Å². The van der Waals surface area contributed by atoms with E-state index in [1.165, 1.54) is 94.8 Å². The number of carboxylic acids is 3. The number of phenolic OH excluding ortho intramolecular Hbond substituents is 2. The van der Waals surface area contributed by atoms with Crippen LogP contribution in [0.2, 0.25) is 0 Å². The smallest absolute Gasteiger partial charge is 0.340 e. The van der Waals surface area contributed by atoms with Crippen LogP contribution in [0.1, 0.15) is 170 Å². The Kier molecular flexibility index (Phi) is 38.7. The van der Waals surface area contributed by atoms with Crippen LogP contribution in [0, 0.1) is 17.2 Å². The Hall–Kier alpha value is -15.6. The Morgan fingerprint density at radius 3 is 1.41 bits per heavy atom. The molecule has 0 radical (unpaired) electrons. The maximum Gasteiger partial charge on any atom is 0.340 e. The number of fused-ring (bicyclic) bond motifs is 6. The van der Waals surface area contributed by atoms with Gasteiger partial charge in [-0.1, -0.05) is 34.1 Å². The molecule has 0 saturated heterocycles. The summed E-state index contributed by atoms with van der Waals surface area (Å²) in [6, 6.07) is -8.62. The molecular formula is C82H110N22O28. The molecule has 3 heterocycles. The number of ether oxygens (including phenoxy) is 2. The summed E-state index contributed by atoms with van der Waals surface area (Å²) in [5, 5.41) is 94.3. The second kappa shape index (κ2) is 48.5. The summed E-state index contributed by atoms with van der Waals surface area (Å²) in [4.78, 5) is 286. The number of H-pyrrole nitrogens is 1.